The highest BCUT2D eigenvalue weighted by atomic mass is 19.4. The normalized spacial score (nSPS) is 12.0. The summed E-state index contributed by atoms with van der Waals surface area (Å²) in [5, 5.41) is -1.39. The lowest BCUT2D eigenvalue weighted by molar-refractivity contribution is -0.0489. The van der Waals surface area contributed by atoms with Gasteiger partial charge in [-0.2, -0.15) is 13.2 Å². The molecule has 0 atom stereocenters. The number of hydrogen-bond donors (Lipinski definition) is 0. The van der Waals surface area contributed by atoms with Crippen LogP contribution in [0.15, 0.2) is 91.0 Å². The zero-order valence-electron chi connectivity index (χ0n) is 12.9. The Balaban J connectivity index is 2.33. The van der Waals surface area contributed by atoms with Crippen molar-refractivity contribution in [1.29, 1.82) is 0 Å². The van der Waals surface area contributed by atoms with E-state index in [1.54, 1.807) is 91.0 Å². The molecule has 0 fully saturated rings. The molecule has 3 aromatic carbocycles. The van der Waals surface area contributed by atoms with E-state index in [1.165, 1.54) is 0 Å². The maximum Gasteiger partial charge on any atom is 0.340 e. The summed E-state index contributed by atoms with van der Waals surface area (Å²) in [6, 6.07) is 26.4. The van der Waals surface area contributed by atoms with Crippen molar-refractivity contribution in [2.24, 2.45) is 0 Å². The molecule has 0 bridgehead atoms. The third-order valence-electron chi connectivity index (χ3n) is 4.07. The van der Waals surface area contributed by atoms with E-state index in [2.05, 4.69) is 0 Å². The van der Waals surface area contributed by atoms with E-state index >= 15 is 0 Å². The van der Waals surface area contributed by atoms with Crippen LogP contribution in [0.3, 0.4) is 0 Å². The van der Waals surface area contributed by atoms with Gasteiger partial charge in [0.25, 0.3) is 7.28 Å². The van der Waals surface area contributed by atoms with Crippen LogP contribution in [0.2, 0.25) is 0 Å². The summed E-state index contributed by atoms with van der Waals surface area (Å²) in [4.78, 5) is 0. The Labute approximate surface area is 140 Å². The van der Waals surface area contributed by atoms with E-state index in [1.807, 2.05) is 0 Å². The van der Waals surface area contributed by atoms with Crippen molar-refractivity contribution >= 4 is 7.28 Å². The molecule has 0 heterocycles. The lowest BCUT2D eigenvalue weighted by Crippen LogP contribution is -2.43. The molecule has 0 aliphatic heterocycles. The predicted octanol–water partition coefficient (Wildman–Crippen LogP) is 5.20. The van der Waals surface area contributed by atoms with Crippen molar-refractivity contribution in [2.75, 3.05) is 0 Å². The van der Waals surface area contributed by atoms with Crippen molar-refractivity contribution in [2.45, 2.75) is 11.4 Å². The molecular weight excluding hydrogens is 308 g/mol. The highest BCUT2D eigenvalue weighted by Gasteiger charge is 2.47. The Morgan fingerprint density at radius 3 is 1.04 bits per heavy atom. The number of alkyl halides is 3. The van der Waals surface area contributed by atoms with Crippen LogP contribution in [-0.4, -0.2) is 13.4 Å². The Morgan fingerprint density at radius 1 is 0.500 bits per heavy atom. The third kappa shape index (κ3) is 3.23. The largest absolute Gasteiger partial charge is 0.340 e. The lowest BCUT2D eigenvalue weighted by atomic mass is 9.43. The fourth-order valence-electron chi connectivity index (χ4n) is 3.10. The molecule has 0 nitrogen and oxygen atoms in total. The first-order valence-electron chi connectivity index (χ1n) is 7.63. The number of halogens is 3. The van der Waals surface area contributed by atoms with Gasteiger partial charge < -0.3 is 0 Å². The van der Waals surface area contributed by atoms with Gasteiger partial charge in [0.05, 0.1) is 0 Å². The molecule has 24 heavy (non-hydrogen) atoms. The fraction of sp³-hybridized carbons (Fsp3) is 0.100. The molecule has 0 saturated heterocycles. The van der Waals surface area contributed by atoms with Gasteiger partial charge in [-0.05, 0) is 16.7 Å². The third-order valence-corrected chi connectivity index (χ3v) is 4.07. The molecule has 1 radical (unpaired) electrons. The molecule has 3 aromatic rings. The van der Waals surface area contributed by atoms with Gasteiger partial charge in [0.15, 0.2) is 0 Å². The maximum atomic E-state index is 13.6. The summed E-state index contributed by atoms with van der Waals surface area (Å²) in [7, 11) is 0.486. The molecule has 0 unspecified atom stereocenters. The molecule has 0 spiro atoms. The molecule has 119 valence electrons. The molecule has 0 aromatic heterocycles. The standard InChI is InChI=1S/C20H15BF3/c22-20(23,24)21-19(16-10-4-1-5-11-16,17-12-6-2-7-13-17)18-14-8-3-9-15-18/h1-15H. The minimum atomic E-state index is -4.43. The van der Waals surface area contributed by atoms with E-state index in [9.17, 15) is 13.2 Å². The van der Waals surface area contributed by atoms with Gasteiger partial charge in [-0.1, -0.05) is 91.0 Å². The summed E-state index contributed by atoms with van der Waals surface area (Å²) in [5.74, 6) is 0. The monoisotopic (exact) mass is 323 g/mol. The van der Waals surface area contributed by atoms with Crippen LogP contribution < -0.4 is 0 Å². The average Bonchev–Trinajstić information content (AvgIpc) is 2.61. The minimum absolute atomic E-state index is 0.486. The van der Waals surface area contributed by atoms with Gasteiger partial charge in [-0.25, -0.2) is 0 Å². The SMILES string of the molecule is FC(F)(F)[B]C(c1ccccc1)(c1ccccc1)c1ccccc1. The first-order chi connectivity index (χ1) is 11.5. The highest BCUT2D eigenvalue weighted by Crippen LogP contribution is 2.41. The quantitative estimate of drug-likeness (QED) is 0.457. The van der Waals surface area contributed by atoms with E-state index in [0.29, 0.717) is 24.0 Å². The second kappa shape index (κ2) is 6.56. The molecule has 0 N–H and O–H groups in total. The predicted molar refractivity (Wildman–Crippen MR) is 91.0 cm³/mol. The van der Waals surface area contributed by atoms with Crippen molar-refractivity contribution in [3.05, 3.63) is 108 Å². The van der Waals surface area contributed by atoms with Crippen molar-refractivity contribution < 1.29 is 13.2 Å². The van der Waals surface area contributed by atoms with Crippen LogP contribution in [0.4, 0.5) is 13.2 Å². The summed E-state index contributed by atoms with van der Waals surface area (Å²) in [6.45, 7) is 0. The van der Waals surface area contributed by atoms with Crippen LogP contribution >= 0.6 is 0 Å². The number of hydrogen-bond acceptors (Lipinski definition) is 0. The van der Waals surface area contributed by atoms with Gasteiger partial charge >= 0.3 is 6.08 Å². The Kier molecular flexibility index (Phi) is 4.47. The Bertz CT molecular complexity index is 672. The van der Waals surface area contributed by atoms with Crippen LogP contribution in [0.1, 0.15) is 16.7 Å². The van der Waals surface area contributed by atoms with Gasteiger partial charge in [-0.15, -0.1) is 0 Å². The fourth-order valence-corrected chi connectivity index (χ4v) is 3.10. The van der Waals surface area contributed by atoms with Crippen LogP contribution in [0.25, 0.3) is 0 Å². The maximum absolute atomic E-state index is 13.6. The average molecular weight is 323 g/mol. The van der Waals surface area contributed by atoms with Gasteiger partial charge in [-0.3, -0.25) is 0 Å². The van der Waals surface area contributed by atoms with Gasteiger partial charge in [0.2, 0.25) is 0 Å². The summed E-state index contributed by atoms with van der Waals surface area (Å²) in [5.41, 5.74) is 1.75. The van der Waals surface area contributed by atoms with Crippen LogP contribution in [-0.2, 0) is 5.31 Å². The highest BCUT2D eigenvalue weighted by molar-refractivity contribution is 6.45. The first-order valence-corrected chi connectivity index (χ1v) is 7.63. The summed E-state index contributed by atoms with van der Waals surface area (Å²) < 4.78 is 40.7. The Hall–Kier alpha value is -2.49. The van der Waals surface area contributed by atoms with Crippen LogP contribution in [0, 0.1) is 0 Å². The van der Waals surface area contributed by atoms with E-state index in [0.717, 1.165) is 0 Å². The molecule has 0 saturated carbocycles. The van der Waals surface area contributed by atoms with E-state index < -0.39 is 11.4 Å². The summed E-state index contributed by atoms with van der Waals surface area (Å²) >= 11 is 0. The molecule has 0 aliphatic rings. The second-order valence-electron chi connectivity index (χ2n) is 5.59. The lowest BCUT2D eigenvalue weighted by Gasteiger charge is -2.36. The van der Waals surface area contributed by atoms with E-state index in [-0.39, 0.29) is 0 Å². The van der Waals surface area contributed by atoms with Crippen molar-refractivity contribution in [3.63, 3.8) is 0 Å². The van der Waals surface area contributed by atoms with Crippen molar-refractivity contribution in [1.82, 2.24) is 0 Å². The van der Waals surface area contributed by atoms with Crippen LogP contribution in [0.5, 0.6) is 0 Å². The molecule has 0 amide bonds. The van der Waals surface area contributed by atoms with Crippen molar-refractivity contribution in [3.8, 4) is 0 Å². The van der Waals surface area contributed by atoms with Gasteiger partial charge in [0.1, 0.15) is 0 Å². The molecular formula is C20H15BF3. The number of rotatable bonds is 4. The Morgan fingerprint density at radius 2 is 0.792 bits per heavy atom. The van der Waals surface area contributed by atoms with Gasteiger partial charge in [0, 0.05) is 5.31 Å². The number of benzene rings is 3. The zero-order valence-corrected chi connectivity index (χ0v) is 12.9. The zero-order chi connectivity index (χ0) is 17.0. The molecule has 3 rings (SSSR count). The molecule has 4 heteroatoms. The topological polar surface area (TPSA) is 0 Å². The minimum Gasteiger partial charge on any atom is -0.183 e. The smallest absolute Gasteiger partial charge is 0.183 e. The second-order valence-corrected chi connectivity index (χ2v) is 5.59. The summed E-state index contributed by atoms with van der Waals surface area (Å²) in [6.07, 6.45) is -4.43. The first kappa shape index (κ1) is 16.4. The molecule has 0 aliphatic carbocycles. The van der Waals surface area contributed by atoms with E-state index in [4.69, 9.17) is 0 Å².